The van der Waals surface area contributed by atoms with Gasteiger partial charge in [-0.25, -0.2) is 0 Å². The average molecular weight is 427 g/mol. The number of hydrogen-bond donors (Lipinski definition) is 2. The Bertz CT molecular complexity index is 1030. The molecule has 7 heteroatoms. The molecule has 2 aromatic carbocycles. The van der Waals surface area contributed by atoms with Crippen LogP contribution in [0.4, 0.5) is 11.4 Å². The molecule has 2 heterocycles. The Morgan fingerprint density at radius 3 is 2.93 bits per heavy atom. The van der Waals surface area contributed by atoms with E-state index in [-0.39, 0.29) is 24.2 Å². The highest BCUT2D eigenvalue weighted by atomic mass is 79.9. The molecule has 0 fully saturated rings. The molecule has 0 saturated carbocycles. The van der Waals surface area contributed by atoms with E-state index >= 15 is 0 Å². The number of benzene rings is 2. The summed E-state index contributed by atoms with van der Waals surface area (Å²) in [5.74, 6) is 1.03. The number of hydrogen-bond acceptors (Lipinski definition) is 4. The Balaban J connectivity index is 1.39. The van der Waals surface area contributed by atoms with Gasteiger partial charge in [0.15, 0.2) is 5.76 Å². The predicted molar refractivity (Wildman–Crippen MR) is 104 cm³/mol. The molecule has 27 heavy (non-hydrogen) atoms. The first-order valence-electron chi connectivity index (χ1n) is 8.28. The van der Waals surface area contributed by atoms with E-state index in [1.165, 1.54) is 0 Å². The van der Waals surface area contributed by atoms with Gasteiger partial charge in [0, 0.05) is 15.8 Å². The van der Waals surface area contributed by atoms with E-state index in [1.807, 2.05) is 24.3 Å². The molecule has 0 unspecified atom stereocenters. The summed E-state index contributed by atoms with van der Waals surface area (Å²) in [4.78, 5) is 23.8. The molecule has 136 valence electrons. The van der Waals surface area contributed by atoms with Crippen molar-refractivity contribution in [2.45, 2.75) is 13.0 Å². The van der Waals surface area contributed by atoms with Gasteiger partial charge in [0.05, 0.1) is 6.42 Å². The van der Waals surface area contributed by atoms with Crippen LogP contribution in [0.25, 0.3) is 0 Å². The van der Waals surface area contributed by atoms with E-state index in [2.05, 4.69) is 26.6 Å². The molecule has 0 spiro atoms. The van der Waals surface area contributed by atoms with Gasteiger partial charge in [-0.1, -0.05) is 22.0 Å². The lowest BCUT2D eigenvalue weighted by Gasteiger charge is -2.06. The fourth-order valence-electron chi connectivity index (χ4n) is 2.79. The van der Waals surface area contributed by atoms with Crippen LogP contribution in [0.3, 0.4) is 0 Å². The maximum absolute atomic E-state index is 12.4. The number of carbonyl (C=O) groups excluding carboxylic acids is 2. The van der Waals surface area contributed by atoms with Gasteiger partial charge < -0.3 is 19.8 Å². The van der Waals surface area contributed by atoms with Crippen molar-refractivity contribution in [1.82, 2.24) is 0 Å². The maximum atomic E-state index is 12.4. The topological polar surface area (TPSA) is 80.6 Å². The second kappa shape index (κ2) is 7.28. The first kappa shape index (κ1) is 17.4. The van der Waals surface area contributed by atoms with Gasteiger partial charge in [0.2, 0.25) is 5.91 Å². The Morgan fingerprint density at radius 1 is 1.19 bits per heavy atom. The molecule has 0 saturated heterocycles. The van der Waals surface area contributed by atoms with E-state index < -0.39 is 0 Å². The quantitative estimate of drug-likeness (QED) is 0.634. The molecule has 2 N–H and O–H groups in total. The first-order chi connectivity index (χ1) is 13.1. The van der Waals surface area contributed by atoms with E-state index in [0.717, 1.165) is 15.7 Å². The van der Waals surface area contributed by atoms with E-state index in [0.29, 0.717) is 23.6 Å². The standard InChI is InChI=1S/C20H15BrN2O4/c21-13-2-1-3-15(10-13)26-11-16-5-7-18(27-16)20(25)22-14-4-6-17-12(8-14)9-19(24)23-17/h1-8,10H,9,11H2,(H,22,25)(H,23,24). The zero-order chi connectivity index (χ0) is 18.8. The largest absolute Gasteiger partial charge is 0.486 e. The molecule has 0 aliphatic carbocycles. The van der Waals surface area contributed by atoms with Crippen LogP contribution in [-0.4, -0.2) is 11.8 Å². The van der Waals surface area contributed by atoms with Crippen LogP contribution in [0.1, 0.15) is 21.9 Å². The molecular weight excluding hydrogens is 412 g/mol. The van der Waals surface area contributed by atoms with Gasteiger partial charge in [-0.3, -0.25) is 9.59 Å². The summed E-state index contributed by atoms with van der Waals surface area (Å²) >= 11 is 3.39. The highest BCUT2D eigenvalue weighted by Gasteiger charge is 2.18. The average Bonchev–Trinajstić information content (AvgIpc) is 3.25. The fraction of sp³-hybridized carbons (Fsp3) is 0.100. The molecule has 1 aliphatic rings. The van der Waals surface area contributed by atoms with Crippen molar-refractivity contribution in [2.24, 2.45) is 0 Å². The normalized spacial score (nSPS) is 12.4. The lowest BCUT2D eigenvalue weighted by Crippen LogP contribution is -2.11. The van der Waals surface area contributed by atoms with Crippen molar-refractivity contribution in [1.29, 1.82) is 0 Å². The van der Waals surface area contributed by atoms with Gasteiger partial charge in [-0.15, -0.1) is 0 Å². The van der Waals surface area contributed by atoms with Crippen LogP contribution >= 0.6 is 15.9 Å². The Morgan fingerprint density at radius 2 is 2.07 bits per heavy atom. The SMILES string of the molecule is O=C1Cc2cc(NC(=O)c3ccc(COc4cccc(Br)c4)o3)ccc2N1. The smallest absolute Gasteiger partial charge is 0.291 e. The minimum absolute atomic E-state index is 0.0467. The second-order valence-corrected chi connectivity index (χ2v) is 6.98. The molecule has 6 nitrogen and oxygen atoms in total. The summed E-state index contributed by atoms with van der Waals surface area (Å²) in [6.07, 6.45) is 0.316. The number of rotatable bonds is 5. The maximum Gasteiger partial charge on any atom is 0.291 e. The number of carbonyl (C=O) groups is 2. The van der Waals surface area contributed by atoms with Crippen molar-refractivity contribution >= 4 is 39.1 Å². The molecule has 4 rings (SSSR count). The molecular formula is C20H15BrN2O4. The molecule has 1 aliphatic heterocycles. The lowest BCUT2D eigenvalue weighted by molar-refractivity contribution is -0.115. The number of furan rings is 1. The van der Waals surface area contributed by atoms with Gasteiger partial charge in [0.25, 0.3) is 5.91 Å². The van der Waals surface area contributed by atoms with Crippen molar-refractivity contribution < 1.29 is 18.7 Å². The van der Waals surface area contributed by atoms with Gasteiger partial charge in [-0.2, -0.15) is 0 Å². The summed E-state index contributed by atoms with van der Waals surface area (Å²) in [7, 11) is 0. The summed E-state index contributed by atoms with van der Waals surface area (Å²) in [6.45, 7) is 0.219. The van der Waals surface area contributed by atoms with Crippen molar-refractivity contribution in [3.8, 4) is 5.75 Å². The summed E-state index contributed by atoms with van der Waals surface area (Å²) in [5, 5.41) is 5.54. The second-order valence-electron chi connectivity index (χ2n) is 6.06. The summed E-state index contributed by atoms with van der Waals surface area (Å²) in [5.41, 5.74) is 2.25. The van der Waals surface area contributed by atoms with Gasteiger partial charge in [0.1, 0.15) is 18.1 Å². The van der Waals surface area contributed by atoms with E-state index in [1.54, 1.807) is 30.3 Å². The van der Waals surface area contributed by atoms with Crippen molar-refractivity contribution in [2.75, 3.05) is 10.6 Å². The molecule has 0 radical (unpaired) electrons. The Hall–Kier alpha value is -3.06. The van der Waals surface area contributed by atoms with Crippen molar-refractivity contribution in [3.63, 3.8) is 0 Å². The third-order valence-electron chi connectivity index (χ3n) is 4.05. The molecule has 2 amide bonds. The number of fused-ring (bicyclic) bond motifs is 1. The third-order valence-corrected chi connectivity index (χ3v) is 4.54. The highest BCUT2D eigenvalue weighted by Crippen LogP contribution is 2.26. The van der Waals surface area contributed by atoms with E-state index in [9.17, 15) is 9.59 Å². The minimum Gasteiger partial charge on any atom is -0.486 e. The Kier molecular flexibility index (Phi) is 4.68. The molecule has 0 atom stereocenters. The minimum atomic E-state index is -0.360. The van der Waals surface area contributed by atoms with Gasteiger partial charge in [-0.05, 0) is 54.1 Å². The zero-order valence-corrected chi connectivity index (χ0v) is 15.7. The fourth-order valence-corrected chi connectivity index (χ4v) is 3.17. The number of nitrogens with one attached hydrogen (secondary N) is 2. The first-order valence-corrected chi connectivity index (χ1v) is 9.07. The van der Waals surface area contributed by atoms with E-state index in [4.69, 9.17) is 9.15 Å². The highest BCUT2D eigenvalue weighted by molar-refractivity contribution is 9.10. The number of anilines is 2. The van der Waals surface area contributed by atoms with Crippen LogP contribution in [-0.2, 0) is 17.8 Å². The Labute approximate surface area is 163 Å². The summed E-state index contributed by atoms with van der Waals surface area (Å²) in [6, 6.07) is 16.1. The third kappa shape index (κ3) is 4.03. The van der Waals surface area contributed by atoms with Crippen LogP contribution in [0, 0.1) is 0 Å². The molecule has 0 bridgehead atoms. The molecule has 1 aromatic heterocycles. The number of ether oxygens (including phenoxy) is 1. The van der Waals surface area contributed by atoms with Crippen LogP contribution in [0.5, 0.6) is 5.75 Å². The number of halogens is 1. The molecule has 3 aromatic rings. The van der Waals surface area contributed by atoms with Crippen molar-refractivity contribution in [3.05, 3.63) is 76.2 Å². The lowest BCUT2D eigenvalue weighted by atomic mass is 10.1. The van der Waals surface area contributed by atoms with Crippen LogP contribution in [0.15, 0.2) is 63.5 Å². The zero-order valence-electron chi connectivity index (χ0n) is 14.1. The monoisotopic (exact) mass is 426 g/mol. The van der Waals surface area contributed by atoms with Gasteiger partial charge >= 0.3 is 0 Å². The van der Waals surface area contributed by atoms with Crippen LogP contribution in [0.2, 0.25) is 0 Å². The van der Waals surface area contributed by atoms with Crippen LogP contribution < -0.4 is 15.4 Å². The number of amides is 2. The summed E-state index contributed by atoms with van der Waals surface area (Å²) < 4.78 is 12.1. The predicted octanol–water partition coefficient (Wildman–Crippen LogP) is 4.37.